The fourth-order valence-electron chi connectivity index (χ4n) is 3.48. The molecule has 3 aromatic rings. The zero-order valence-corrected chi connectivity index (χ0v) is 20.2. The Kier molecular flexibility index (Phi) is 9.01. The van der Waals surface area contributed by atoms with Crippen molar-refractivity contribution in [3.8, 4) is 5.75 Å². The maximum absolute atomic E-state index is 12.6. The normalized spacial score (nSPS) is 10.4. The number of nitrogens with zero attached hydrogens (tertiary/aromatic N) is 1. The van der Waals surface area contributed by atoms with Gasteiger partial charge in [0, 0.05) is 24.3 Å². The fraction of sp³-hybridized carbons (Fsp3) is 0.250. The Morgan fingerprint density at radius 1 is 0.857 bits per heavy atom. The number of aryl methyl sites for hydroxylation is 1. The van der Waals surface area contributed by atoms with Gasteiger partial charge in [-0.1, -0.05) is 36.4 Å². The van der Waals surface area contributed by atoms with Gasteiger partial charge >= 0.3 is 5.97 Å². The summed E-state index contributed by atoms with van der Waals surface area (Å²) in [5, 5.41) is 2.67. The van der Waals surface area contributed by atoms with Crippen LogP contribution in [0.3, 0.4) is 0 Å². The Morgan fingerprint density at radius 2 is 1.51 bits per heavy atom. The molecule has 2 amide bonds. The van der Waals surface area contributed by atoms with Gasteiger partial charge in [0.05, 0.1) is 0 Å². The minimum Gasteiger partial charge on any atom is -0.488 e. The van der Waals surface area contributed by atoms with E-state index in [0.717, 1.165) is 11.1 Å². The van der Waals surface area contributed by atoms with Gasteiger partial charge in [0.1, 0.15) is 17.9 Å². The molecule has 0 aliphatic carbocycles. The first-order chi connectivity index (χ1) is 16.9. The van der Waals surface area contributed by atoms with E-state index in [1.165, 1.54) is 0 Å². The Morgan fingerprint density at radius 3 is 2.20 bits per heavy atom. The highest BCUT2D eigenvalue weighted by Gasteiger charge is 2.16. The summed E-state index contributed by atoms with van der Waals surface area (Å²) in [4.78, 5) is 39.0. The molecule has 0 atom stereocenters. The third-order valence-corrected chi connectivity index (χ3v) is 5.55. The maximum atomic E-state index is 12.6. The zero-order valence-electron chi connectivity index (χ0n) is 20.2. The molecule has 3 aromatic carbocycles. The van der Waals surface area contributed by atoms with Crippen LogP contribution >= 0.6 is 0 Å². The van der Waals surface area contributed by atoms with E-state index in [1.807, 2.05) is 45.0 Å². The van der Waals surface area contributed by atoms with Crippen molar-refractivity contribution in [1.29, 1.82) is 0 Å². The van der Waals surface area contributed by atoms with Crippen LogP contribution < -0.4 is 10.1 Å². The van der Waals surface area contributed by atoms with Gasteiger partial charge in [-0.25, -0.2) is 4.79 Å². The van der Waals surface area contributed by atoms with E-state index in [0.29, 0.717) is 36.7 Å². The van der Waals surface area contributed by atoms with Crippen LogP contribution in [0.5, 0.6) is 5.75 Å². The maximum Gasteiger partial charge on any atom is 0.342 e. The second kappa shape index (κ2) is 12.4. The first-order valence-electron chi connectivity index (χ1n) is 11.6. The molecule has 3 rings (SSSR count). The summed E-state index contributed by atoms with van der Waals surface area (Å²) in [6.07, 6.45) is 0. The van der Waals surface area contributed by atoms with E-state index in [9.17, 15) is 14.4 Å². The number of anilines is 1. The van der Waals surface area contributed by atoms with Gasteiger partial charge in [-0.05, 0) is 68.3 Å². The molecule has 7 heteroatoms. The zero-order chi connectivity index (χ0) is 25.2. The Hall–Kier alpha value is -4.13. The lowest BCUT2D eigenvalue weighted by molar-refractivity contribution is -0.119. The van der Waals surface area contributed by atoms with Crippen LogP contribution in [-0.4, -0.2) is 42.4 Å². The average molecular weight is 475 g/mol. The molecule has 7 nitrogen and oxygen atoms in total. The van der Waals surface area contributed by atoms with Crippen molar-refractivity contribution < 1.29 is 23.9 Å². The summed E-state index contributed by atoms with van der Waals surface area (Å²) in [7, 11) is 0. The topological polar surface area (TPSA) is 84.9 Å². The molecule has 0 spiro atoms. The monoisotopic (exact) mass is 474 g/mol. The number of carbonyl (C=O) groups is 3. The van der Waals surface area contributed by atoms with Crippen molar-refractivity contribution in [2.45, 2.75) is 27.4 Å². The van der Waals surface area contributed by atoms with E-state index in [1.54, 1.807) is 53.4 Å². The van der Waals surface area contributed by atoms with Crippen LogP contribution in [0.1, 0.15) is 45.7 Å². The van der Waals surface area contributed by atoms with E-state index >= 15 is 0 Å². The summed E-state index contributed by atoms with van der Waals surface area (Å²) in [5.74, 6) is -0.820. The summed E-state index contributed by atoms with van der Waals surface area (Å²) < 4.78 is 11.1. The van der Waals surface area contributed by atoms with E-state index in [-0.39, 0.29) is 11.5 Å². The van der Waals surface area contributed by atoms with Gasteiger partial charge in [0.25, 0.3) is 11.8 Å². The van der Waals surface area contributed by atoms with Gasteiger partial charge in [-0.2, -0.15) is 0 Å². The lowest BCUT2D eigenvalue weighted by Crippen LogP contribution is -2.30. The molecule has 0 aliphatic rings. The van der Waals surface area contributed by atoms with Crippen LogP contribution in [-0.2, 0) is 16.1 Å². The van der Waals surface area contributed by atoms with Gasteiger partial charge in [0.15, 0.2) is 6.61 Å². The molecule has 0 aromatic heterocycles. The van der Waals surface area contributed by atoms with Crippen LogP contribution in [0.25, 0.3) is 0 Å². The first-order valence-corrected chi connectivity index (χ1v) is 11.6. The Labute approximate surface area is 205 Å². The SMILES string of the molecule is CCN(CC)C(=O)c1ccc(NC(=O)COC(=O)c2ccccc2OCc2ccccc2C)cc1. The quantitative estimate of drug-likeness (QED) is 0.425. The highest BCUT2D eigenvalue weighted by molar-refractivity contribution is 5.98. The summed E-state index contributed by atoms with van der Waals surface area (Å²) in [6, 6.07) is 21.2. The second-order valence-electron chi connectivity index (χ2n) is 7.89. The lowest BCUT2D eigenvalue weighted by Gasteiger charge is -2.18. The number of amides is 2. The molecule has 0 heterocycles. The predicted octanol–water partition coefficient (Wildman–Crippen LogP) is 4.85. The molecule has 0 fully saturated rings. The van der Waals surface area contributed by atoms with Crippen molar-refractivity contribution in [2.75, 3.05) is 25.0 Å². The van der Waals surface area contributed by atoms with Crippen LogP contribution in [0.4, 0.5) is 5.69 Å². The minimum absolute atomic E-state index is 0.0647. The van der Waals surface area contributed by atoms with Crippen LogP contribution in [0, 0.1) is 6.92 Å². The number of hydrogen-bond acceptors (Lipinski definition) is 5. The van der Waals surface area contributed by atoms with Crippen molar-refractivity contribution in [3.63, 3.8) is 0 Å². The second-order valence-corrected chi connectivity index (χ2v) is 7.89. The van der Waals surface area contributed by atoms with Crippen LogP contribution in [0.15, 0.2) is 72.8 Å². The van der Waals surface area contributed by atoms with Crippen LogP contribution in [0.2, 0.25) is 0 Å². The number of esters is 1. The number of nitrogens with one attached hydrogen (secondary N) is 1. The highest BCUT2D eigenvalue weighted by atomic mass is 16.5. The minimum atomic E-state index is -0.652. The fourth-order valence-corrected chi connectivity index (χ4v) is 3.48. The van der Waals surface area contributed by atoms with Crippen molar-refractivity contribution in [3.05, 3.63) is 95.1 Å². The predicted molar refractivity (Wildman–Crippen MR) is 135 cm³/mol. The molecule has 0 unspecified atom stereocenters. The molecular formula is C28H30N2O5. The molecule has 182 valence electrons. The number of ether oxygens (including phenoxy) is 2. The third-order valence-electron chi connectivity index (χ3n) is 5.55. The molecule has 0 saturated heterocycles. The van der Waals surface area contributed by atoms with Gasteiger partial charge < -0.3 is 19.7 Å². The molecule has 0 radical (unpaired) electrons. The largest absolute Gasteiger partial charge is 0.488 e. The van der Waals surface area contributed by atoms with Gasteiger partial charge in [0.2, 0.25) is 0 Å². The standard InChI is InChI=1S/C28H30N2O5/c1-4-30(5-2)27(32)21-14-16-23(17-15-21)29-26(31)19-35-28(33)24-12-8-9-13-25(24)34-18-22-11-7-6-10-20(22)3/h6-17H,4-5,18-19H2,1-3H3,(H,29,31). The Balaban J connectivity index is 1.55. The Bertz CT molecular complexity index is 1170. The summed E-state index contributed by atoms with van der Waals surface area (Å²) in [6.45, 7) is 6.94. The lowest BCUT2D eigenvalue weighted by atomic mass is 10.1. The number of carbonyl (C=O) groups excluding carboxylic acids is 3. The van der Waals surface area contributed by atoms with Crippen molar-refractivity contribution in [2.24, 2.45) is 0 Å². The molecule has 0 saturated carbocycles. The van der Waals surface area contributed by atoms with Gasteiger partial charge in [-0.3, -0.25) is 9.59 Å². The number of rotatable bonds is 10. The smallest absolute Gasteiger partial charge is 0.342 e. The number of para-hydroxylation sites is 1. The van der Waals surface area contributed by atoms with Crippen molar-refractivity contribution >= 4 is 23.5 Å². The third kappa shape index (κ3) is 6.93. The van der Waals surface area contributed by atoms with E-state index in [4.69, 9.17) is 9.47 Å². The highest BCUT2D eigenvalue weighted by Crippen LogP contribution is 2.21. The average Bonchev–Trinajstić information content (AvgIpc) is 2.88. The summed E-state index contributed by atoms with van der Waals surface area (Å²) >= 11 is 0. The summed E-state index contributed by atoms with van der Waals surface area (Å²) in [5.41, 5.74) is 3.40. The molecule has 0 bridgehead atoms. The number of hydrogen-bond donors (Lipinski definition) is 1. The molecule has 0 aliphatic heterocycles. The van der Waals surface area contributed by atoms with E-state index in [2.05, 4.69) is 5.32 Å². The van der Waals surface area contributed by atoms with Gasteiger partial charge in [-0.15, -0.1) is 0 Å². The van der Waals surface area contributed by atoms with E-state index < -0.39 is 18.5 Å². The van der Waals surface area contributed by atoms with Crippen molar-refractivity contribution in [1.82, 2.24) is 4.90 Å². The first kappa shape index (κ1) is 25.5. The molecule has 35 heavy (non-hydrogen) atoms. The molecule has 1 N–H and O–H groups in total. The molecular weight excluding hydrogens is 444 g/mol. The number of benzene rings is 3.